The fraction of sp³-hybridized carbons (Fsp3) is 0.231. The summed E-state index contributed by atoms with van der Waals surface area (Å²) in [6, 6.07) is 16.1. The number of hydrogen-bond donors (Lipinski definition) is 2. The highest BCUT2D eigenvalue weighted by Gasteiger charge is 2.41. The zero-order valence-corrected chi connectivity index (χ0v) is 18.1. The van der Waals surface area contributed by atoms with Crippen molar-refractivity contribution in [1.82, 2.24) is 0 Å². The highest BCUT2D eigenvalue weighted by Crippen LogP contribution is 2.45. The number of nitrogens with one attached hydrogen (secondary N) is 2. The Morgan fingerprint density at radius 3 is 2.72 bits per heavy atom. The topological polar surface area (TPSA) is 74.6 Å². The first-order chi connectivity index (χ1) is 15.5. The molecule has 0 radical (unpaired) electrons. The molecular weight excluding hydrogens is 402 g/mol. The first-order valence-electron chi connectivity index (χ1n) is 10.9. The minimum atomic E-state index is -0.658. The van der Waals surface area contributed by atoms with Gasteiger partial charge in [0.2, 0.25) is 0 Å². The fourth-order valence-corrected chi connectivity index (χ4v) is 4.54. The number of rotatable bonds is 2. The lowest BCUT2D eigenvalue weighted by molar-refractivity contribution is -0.116. The monoisotopic (exact) mass is 427 g/mol. The van der Waals surface area contributed by atoms with Gasteiger partial charge in [-0.1, -0.05) is 24.3 Å². The number of nitrogens with zero attached hydrogens (tertiary/aromatic N) is 1. The Kier molecular flexibility index (Phi) is 5.05. The number of furan rings is 1. The van der Waals surface area contributed by atoms with E-state index in [1.54, 1.807) is 17.2 Å². The second kappa shape index (κ2) is 8.04. The highest BCUT2D eigenvalue weighted by atomic mass is 16.3. The second-order valence-corrected chi connectivity index (χ2v) is 8.28. The van der Waals surface area contributed by atoms with Crippen LogP contribution in [-0.4, -0.2) is 11.8 Å². The maximum absolute atomic E-state index is 13.8. The third-order valence-electron chi connectivity index (χ3n) is 6.31. The molecular formula is C26H25N3O3. The Hall–Kier alpha value is -3.80. The number of anilines is 3. The van der Waals surface area contributed by atoms with Gasteiger partial charge in [-0.05, 0) is 68.1 Å². The van der Waals surface area contributed by atoms with E-state index in [-0.39, 0.29) is 11.8 Å². The van der Waals surface area contributed by atoms with Crippen LogP contribution in [0.3, 0.4) is 0 Å². The molecule has 1 aliphatic heterocycles. The van der Waals surface area contributed by atoms with Gasteiger partial charge in [-0.2, -0.15) is 0 Å². The molecule has 1 unspecified atom stereocenters. The van der Waals surface area contributed by atoms with Crippen LogP contribution in [0.5, 0.6) is 0 Å². The maximum atomic E-state index is 13.8. The molecule has 2 aliphatic rings. The van der Waals surface area contributed by atoms with Gasteiger partial charge in [-0.15, -0.1) is 0 Å². The summed E-state index contributed by atoms with van der Waals surface area (Å²) in [7, 11) is 0. The van der Waals surface area contributed by atoms with Gasteiger partial charge in [0.15, 0.2) is 5.78 Å². The van der Waals surface area contributed by atoms with Crippen molar-refractivity contribution in [3.63, 3.8) is 0 Å². The zero-order valence-electron chi connectivity index (χ0n) is 18.1. The molecule has 6 heteroatoms. The van der Waals surface area contributed by atoms with Crippen LogP contribution >= 0.6 is 0 Å². The van der Waals surface area contributed by atoms with Crippen molar-refractivity contribution < 1.29 is 14.0 Å². The summed E-state index contributed by atoms with van der Waals surface area (Å²) < 4.78 is 5.78. The van der Waals surface area contributed by atoms with Gasteiger partial charge in [-0.25, -0.2) is 4.79 Å². The molecule has 1 atom stereocenters. The summed E-state index contributed by atoms with van der Waals surface area (Å²) in [6.07, 6.45) is 3.57. The lowest BCUT2D eigenvalue weighted by Gasteiger charge is -2.32. The number of ketones is 1. The van der Waals surface area contributed by atoms with Crippen molar-refractivity contribution in [1.29, 1.82) is 0 Å². The van der Waals surface area contributed by atoms with E-state index in [1.807, 2.05) is 62.4 Å². The smallest absolute Gasteiger partial charge is 0.327 e. The van der Waals surface area contributed by atoms with Gasteiger partial charge in [0, 0.05) is 23.4 Å². The summed E-state index contributed by atoms with van der Waals surface area (Å²) in [6.45, 7) is 4.00. The van der Waals surface area contributed by atoms with Crippen LogP contribution in [0.15, 0.2) is 76.5 Å². The van der Waals surface area contributed by atoms with Crippen LogP contribution in [0.2, 0.25) is 0 Å². The number of aryl methyl sites for hydroxylation is 1. The zero-order chi connectivity index (χ0) is 22.2. The van der Waals surface area contributed by atoms with Crippen molar-refractivity contribution in [3.8, 4) is 0 Å². The molecule has 3 aromatic rings. The molecule has 6 nitrogen and oxygen atoms in total. The van der Waals surface area contributed by atoms with Gasteiger partial charge in [0.05, 0.1) is 17.6 Å². The summed E-state index contributed by atoms with van der Waals surface area (Å²) in [5, 5.41) is 6.52. The molecule has 2 aromatic carbocycles. The van der Waals surface area contributed by atoms with Crippen molar-refractivity contribution >= 4 is 28.9 Å². The summed E-state index contributed by atoms with van der Waals surface area (Å²) in [5.41, 5.74) is 5.78. The van der Waals surface area contributed by atoms with Crippen molar-refractivity contribution in [2.24, 2.45) is 0 Å². The van der Waals surface area contributed by atoms with Gasteiger partial charge >= 0.3 is 6.03 Å². The maximum Gasteiger partial charge on any atom is 0.327 e. The number of urea groups is 1. The molecule has 32 heavy (non-hydrogen) atoms. The first kappa shape index (κ1) is 20.1. The lowest BCUT2D eigenvalue weighted by atomic mass is 9.88. The van der Waals surface area contributed by atoms with E-state index in [9.17, 15) is 9.59 Å². The van der Waals surface area contributed by atoms with Crippen molar-refractivity contribution in [2.75, 3.05) is 15.5 Å². The number of fused-ring (bicyclic) bond motifs is 1. The van der Waals surface area contributed by atoms with Gasteiger partial charge in [-0.3, -0.25) is 9.69 Å². The van der Waals surface area contributed by atoms with E-state index in [4.69, 9.17) is 4.42 Å². The molecule has 2 amide bonds. The normalized spacial score (nSPS) is 17.9. The largest absolute Gasteiger partial charge is 0.467 e. The fourth-order valence-electron chi connectivity index (χ4n) is 4.54. The van der Waals surface area contributed by atoms with E-state index in [1.165, 1.54) is 0 Å². The molecule has 0 bridgehead atoms. The number of carbonyl (C=O) groups excluding carboxylic acids is 2. The van der Waals surface area contributed by atoms with Crippen LogP contribution in [0, 0.1) is 13.8 Å². The number of allylic oxidation sites excluding steroid dienone is 1. The number of amides is 2. The minimum Gasteiger partial charge on any atom is -0.467 e. The summed E-state index contributed by atoms with van der Waals surface area (Å²) in [4.78, 5) is 28.7. The van der Waals surface area contributed by atoms with Gasteiger partial charge < -0.3 is 15.1 Å². The number of carbonyl (C=O) groups is 2. The first-order valence-corrected chi connectivity index (χ1v) is 10.9. The Balaban J connectivity index is 1.68. The molecule has 0 saturated heterocycles. The minimum absolute atomic E-state index is 0.0393. The number of Topliss-reactive ketones (excluding diaryl/α,β-unsaturated/α-hetero) is 1. The Labute approximate surface area is 186 Å². The summed E-state index contributed by atoms with van der Waals surface area (Å²) >= 11 is 0. The standard InChI is InChI=1S/C26H25N3O3/c1-16-8-5-10-18(17(16)2)28-26(31)29-21-12-4-3-9-19(21)27-20-11-6-13-22(30)24(20)25(29)23-14-7-15-32-23/h3-5,7-10,12,14-15,25,27H,6,11,13H2,1-2H3,(H,28,31). The van der Waals surface area contributed by atoms with E-state index in [0.29, 0.717) is 23.4 Å². The van der Waals surface area contributed by atoms with E-state index >= 15 is 0 Å². The Morgan fingerprint density at radius 1 is 1.06 bits per heavy atom. The number of para-hydroxylation sites is 2. The van der Waals surface area contributed by atoms with E-state index in [0.717, 1.165) is 41.0 Å². The molecule has 0 saturated carbocycles. The quantitative estimate of drug-likeness (QED) is 0.517. The van der Waals surface area contributed by atoms with E-state index < -0.39 is 6.04 Å². The third-order valence-corrected chi connectivity index (χ3v) is 6.31. The molecule has 162 valence electrons. The van der Waals surface area contributed by atoms with Crippen LogP contribution in [0.1, 0.15) is 42.2 Å². The molecule has 0 fully saturated rings. The number of hydrogen-bond acceptors (Lipinski definition) is 4. The molecule has 1 aromatic heterocycles. The Morgan fingerprint density at radius 2 is 1.91 bits per heavy atom. The van der Waals surface area contributed by atoms with E-state index in [2.05, 4.69) is 10.6 Å². The average molecular weight is 428 g/mol. The highest BCUT2D eigenvalue weighted by molar-refractivity contribution is 6.09. The van der Waals surface area contributed by atoms with Crippen LogP contribution in [0.25, 0.3) is 0 Å². The average Bonchev–Trinajstić information content (AvgIpc) is 3.26. The molecule has 5 rings (SSSR count). The van der Waals surface area contributed by atoms with Crippen molar-refractivity contribution in [3.05, 3.63) is 89.0 Å². The van der Waals surface area contributed by atoms with Gasteiger partial charge in [0.1, 0.15) is 11.8 Å². The number of benzene rings is 2. The third kappa shape index (κ3) is 3.38. The lowest BCUT2D eigenvalue weighted by Crippen LogP contribution is -2.40. The molecule has 2 heterocycles. The second-order valence-electron chi connectivity index (χ2n) is 8.28. The Bertz CT molecular complexity index is 1230. The predicted octanol–water partition coefficient (Wildman–Crippen LogP) is 6.11. The predicted molar refractivity (Wildman–Crippen MR) is 125 cm³/mol. The molecule has 0 spiro atoms. The SMILES string of the molecule is Cc1cccc(NC(=O)N2c3ccccc3NC3=C(C(=O)CCC3)C2c2ccco2)c1C. The van der Waals surface area contributed by atoms with Crippen LogP contribution in [-0.2, 0) is 4.79 Å². The molecule has 2 N–H and O–H groups in total. The summed E-state index contributed by atoms with van der Waals surface area (Å²) in [5.74, 6) is 0.597. The van der Waals surface area contributed by atoms with Gasteiger partial charge in [0.25, 0.3) is 0 Å². The van der Waals surface area contributed by atoms with Crippen LogP contribution < -0.4 is 15.5 Å². The molecule has 1 aliphatic carbocycles. The van der Waals surface area contributed by atoms with Crippen molar-refractivity contribution in [2.45, 2.75) is 39.2 Å². The van der Waals surface area contributed by atoms with Crippen LogP contribution in [0.4, 0.5) is 21.9 Å².